The SMILES string of the molecule is CCNc1cc(C)nc(-c2cccc(C(F)(F)F)c2)n1. The zero-order valence-electron chi connectivity index (χ0n) is 11.1. The Balaban J connectivity index is 2.46. The van der Waals surface area contributed by atoms with Crippen LogP contribution in [0.4, 0.5) is 19.0 Å². The van der Waals surface area contributed by atoms with Gasteiger partial charge in [-0.3, -0.25) is 0 Å². The van der Waals surface area contributed by atoms with Crippen molar-refractivity contribution in [1.29, 1.82) is 0 Å². The molecular weight excluding hydrogens is 267 g/mol. The lowest BCUT2D eigenvalue weighted by Crippen LogP contribution is -2.06. The molecule has 1 heterocycles. The van der Waals surface area contributed by atoms with Crippen LogP contribution in [0.5, 0.6) is 0 Å². The van der Waals surface area contributed by atoms with Crippen molar-refractivity contribution in [2.45, 2.75) is 20.0 Å². The van der Waals surface area contributed by atoms with Gasteiger partial charge in [0.1, 0.15) is 5.82 Å². The maximum atomic E-state index is 12.7. The van der Waals surface area contributed by atoms with Crippen molar-refractivity contribution in [3.8, 4) is 11.4 Å². The van der Waals surface area contributed by atoms with Gasteiger partial charge in [-0.25, -0.2) is 9.97 Å². The normalized spacial score (nSPS) is 11.4. The van der Waals surface area contributed by atoms with Crippen LogP contribution >= 0.6 is 0 Å². The van der Waals surface area contributed by atoms with E-state index in [0.717, 1.165) is 12.1 Å². The second kappa shape index (κ2) is 5.48. The van der Waals surface area contributed by atoms with Gasteiger partial charge in [0.2, 0.25) is 0 Å². The Hall–Kier alpha value is -2.11. The molecule has 0 amide bonds. The van der Waals surface area contributed by atoms with Crippen molar-refractivity contribution in [3.05, 3.63) is 41.6 Å². The van der Waals surface area contributed by atoms with Crippen LogP contribution in [-0.2, 0) is 6.18 Å². The van der Waals surface area contributed by atoms with Crippen LogP contribution in [0.15, 0.2) is 30.3 Å². The zero-order chi connectivity index (χ0) is 14.8. The second-order valence-electron chi connectivity index (χ2n) is 4.33. The van der Waals surface area contributed by atoms with Gasteiger partial charge >= 0.3 is 6.18 Å². The van der Waals surface area contributed by atoms with Crippen LogP contribution in [0, 0.1) is 6.92 Å². The molecule has 0 fully saturated rings. The van der Waals surface area contributed by atoms with Crippen molar-refractivity contribution in [1.82, 2.24) is 9.97 Å². The van der Waals surface area contributed by atoms with Gasteiger partial charge in [-0.1, -0.05) is 12.1 Å². The Morgan fingerprint density at radius 1 is 1.15 bits per heavy atom. The topological polar surface area (TPSA) is 37.8 Å². The lowest BCUT2D eigenvalue weighted by molar-refractivity contribution is -0.137. The largest absolute Gasteiger partial charge is 0.416 e. The van der Waals surface area contributed by atoms with Crippen LogP contribution < -0.4 is 5.32 Å². The summed E-state index contributed by atoms with van der Waals surface area (Å²) < 4.78 is 38.1. The first-order valence-corrected chi connectivity index (χ1v) is 6.17. The number of nitrogens with one attached hydrogen (secondary N) is 1. The molecular formula is C14H14F3N3. The molecule has 0 bridgehead atoms. The smallest absolute Gasteiger partial charge is 0.370 e. The van der Waals surface area contributed by atoms with E-state index in [0.29, 0.717) is 23.6 Å². The summed E-state index contributed by atoms with van der Waals surface area (Å²) in [4.78, 5) is 8.42. The average molecular weight is 281 g/mol. The first-order valence-electron chi connectivity index (χ1n) is 6.17. The van der Waals surface area contributed by atoms with E-state index < -0.39 is 11.7 Å². The first-order chi connectivity index (χ1) is 9.40. The van der Waals surface area contributed by atoms with E-state index in [1.807, 2.05) is 6.92 Å². The molecule has 2 aromatic rings. The van der Waals surface area contributed by atoms with E-state index in [2.05, 4.69) is 15.3 Å². The Bertz CT molecular complexity index is 609. The Labute approximate surface area is 114 Å². The zero-order valence-corrected chi connectivity index (χ0v) is 11.1. The summed E-state index contributed by atoms with van der Waals surface area (Å²) in [7, 11) is 0. The third-order valence-corrected chi connectivity index (χ3v) is 2.66. The molecule has 3 nitrogen and oxygen atoms in total. The number of aromatic nitrogens is 2. The van der Waals surface area contributed by atoms with E-state index in [-0.39, 0.29) is 5.82 Å². The molecule has 0 saturated carbocycles. The van der Waals surface area contributed by atoms with Crippen LogP contribution in [0.25, 0.3) is 11.4 Å². The minimum atomic E-state index is -4.37. The summed E-state index contributed by atoms with van der Waals surface area (Å²) in [5.41, 5.74) is 0.344. The number of alkyl halides is 3. The van der Waals surface area contributed by atoms with Gasteiger partial charge in [-0.05, 0) is 26.0 Å². The van der Waals surface area contributed by atoms with Crippen molar-refractivity contribution < 1.29 is 13.2 Å². The van der Waals surface area contributed by atoms with Crippen LogP contribution in [0.3, 0.4) is 0 Å². The molecule has 1 aromatic carbocycles. The van der Waals surface area contributed by atoms with Gasteiger partial charge in [0.05, 0.1) is 5.56 Å². The minimum Gasteiger partial charge on any atom is -0.370 e. The van der Waals surface area contributed by atoms with Crippen molar-refractivity contribution in [3.63, 3.8) is 0 Å². The Kier molecular flexibility index (Phi) is 3.92. The number of hydrogen-bond donors (Lipinski definition) is 1. The predicted octanol–water partition coefficient (Wildman–Crippen LogP) is 3.90. The summed E-state index contributed by atoms with van der Waals surface area (Å²) >= 11 is 0. The van der Waals surface area contributed by atoms with E-state index in [1.165, 1.54) is 6.07 Å². The third kappa shape index (κ3) is 3.26. The van der Waals surface area contributed by atoms with Gasteiger partial charge in [0.25, 0.3) is 0 Å². The van der Waals surface area contributed by atoms with Gasteiger partial charge in [0, 0.05) is 23.9 Å². The molecule has 106 valence electrons. The summed E-state index contributed by atoms with van der Waals surface area (Å²) in [6.07, 6.45) is -4.37. The number of nitrogens with zero attached hydrogens (tertiary/aromatic N) is 2. The number of rotatable bonds is 3. The summed E-state index contributed by atoms with van der Waals surface area (Å²) in [6, 6.07) is 6.77. The van der Waals surface area contributed by atoms with Gasteiger partial charge in [0.15, 0.2) is 5.82 Å². The fraction of sp³-hybridized carbons (Fsp3) is 0.286. The lowest BCUT2D eigenvalue weighted by atomic mass is 10.1. The molecule has 2 rings (SSSR count). The highest BCUT2D eigenvalue weighted by Crippen LogP contribution is 2.31. The summed E-state index contributed by atoms with van der Waals surface area (Å²) in [6.45, 7) is 4.37. The first kappa shape index (κ1) is 14.3. The molecule has 0 aliphatic carbocycles. The number of aryl methyl sites for hydroxylation is 1. The quantitative estimate of drug-likeness (QED) is 0.927. The van der Waals surface area contributed by atoms with Crippen LogP contribution in [-0.4, -0.2) is 16.5 Å². The molecule has 0 radical (unpaired) electrons. The fourth-order valence-electron chi connectivity index (χ4n) is 1.80. The van der Waals surface area contributed by atoms with Crippen LogP contribution in [0.1, 0.15) is 18.2 Å². The maximum Gasteiger partial charge on any atom is 0.416 e. The third-order valence-electron chi connectivity index (χ3n) is 2.66. The molecule has 1 aromatic heterocycles. The summed E-state index contributed by atoms with van der Waals surface area (Å²) in [5.74, 6) is 0.888. The molecule has 0 aliphatic heterocycles. The Morgan fingerprint density at radius 3 is 2.55 bits per heavy atom. The molecule has 0 spiro atoms. The highest BCUT2D eigenvalue weighted by Gasteiger charge is 2.30. The monoisotopic (exact) mass is 281 g/mol. The van der Waals surface area contributed by atoms with Gasteiger partial charge < -0.3 is 5.32 Å². The molecule has 1 N–H and O–H groups in total. The fourth-order valence-corrected chi connectivity index (χ4v) is 1.80. The van der Waals surface area contributed by atoms with E-state index >= 15 is 0 Å². The predicted molar refractivity (Wildman–Crippen MR) is 71.4 cm³/mol. The Morgan fingerprint density at radius 2 is 1.90 bits per heavy atom. The van der Waals surface area contributed by atoms with Gasteiger partial charge in [-0.2, -0.15) is 13.2 Å². The van der Waals surface area contributed by atoms with E-state index in [1.54, 1.807) is 19.1 Å². The molecule has 6 heteroatoms. The lowest BCUT2D eigenvalue weighted by Gasteiger charge is -2.10. The van der Waals surface area contributed by atoms with Crippen LogP contribution in [0.2, 0.25) is 0 Å². The number of halogens is 3. The molecule has 0 atom stereocenters. The number of benzene rings is 1. The van der Waals surface area contributed by atoms with Gasteiger partial charge in [-0.15, -0.1) is 0 Å². The number of hydrogen-bond acceptors (Lipinski definition) is 3. The molecule has 0 unspecified atom stereocenters. The van der Waals surface area contributed by atoms with E-state index in [9.17, 15) is 13.2 Å². The van der Waals surface area contributed by atoms with Crippen molar-refractivity contribution in [2.75, 3.05) is 11.9 Å². The average Bonchev–Trinajstić information content (AvgIpc) is 2.37. The number of anilines is 1. The highest BCUT2D eigenvalue weighted by molar-refractivity contribution is 5.58. The molecule has 0 aliphatic rings. The highest BCUT2D eigenvalue weighted by atomic mass is 19.4. The minimum absolute atomic E-state index is 0.284. The molecule has 20 heavy (non-hydrogen) atoms. The standard InChI is InChI=1S/C14H14F3N3/c1-3-18-12-7-9(2)19-13(20-12)10-5-4-6-11(8-10)14(15,16)17/h4-8H,3H2,1-2H3,(H,18,19,20). The van der Waals surface area contributed by atoms with E-state index in [4.69, 9.17) is 0 Å². The van der Waals surface area contributed by atoms with Crippen molar-refractivity contribution in [2.24, 2.45) is 0 Å². The second-order valence-corrected chi connectivity index (χ2v) is 4.33. The maximum absolute atomic E-state index is 12.7. The summed E-state index contributed by atoms with van der Waals surface area (Å²) in [5, 5.41) is 3.03. The van der Waals surface area contributed by atoms with Crippen molar-refractivity contribution >= 4 is 5.82 Å². The molecule has 0 saturated heterocycles.